The molecule has 2 rings (SSSR count). The highest BCUT2D eigenvalue weighted by atomic mass is 16.5. The first-order chi connectivity index (χ1) is 9.10. The summed E-state index contributed by atoms with van der Waals surface area (Å²) in [5.41, 5.74) is 2.15. The summed E-state index contributed by atoms with van der Waals surface area (Å²) in [5.74, 6) is 0.426. The fourth-order valence-electron chi connectivity index (χ4n) is 2.18. The van der Waals surface area contributed by atoms with Crippen LogP contribution in [0.5, 0.6) is 5.75 Å². The summed E-state index contributed by atoms with van der Waals surface area (Å²) in [6.45, 7) is 2.57. The lowest BCUT2D eigenvalue weighted by atomic mass is 10.1. The van der Waals surface area contributed by atoms with Gasteiger partial charge >= 0.3 is 0 Å². The van der Waals surface area contributed by atoms with E-state index in [2.05, 4.69) is 10.6 Å². The number of methoxy groups -OCH3 is 1. The van der Waals surface area contributed by atoms with Crippen molar-refractivity contribution in [2.75, 3.05) is 7.11 Å². The largest absolute Gasteiger partial charge is 0.496 e. The molecule has 0 spiro atoms. The molecule has 2 amide bonds. The van der Waals surface area contributed by atoms with Crippen LogP contribution in [0.2, 0.25) is 0 Å². The molecule has 5 heteroatoms. The maximum absolute atomic E-state index is 11.6. The van der Waals surface area contributed by atoms with Gasteiger partial charge < -0.3 is 10.1 Å². The Bertz CT molecular complexity index is 499. The smallest absolute Gasteiger partial charge is 0.243 e. The van der Waals surface area contributed by atoms with Crippen molar-refractivity contribution in [2.45, 2.75) is 32.4 Å². The van der Waals surface area contributed by atoms with Gasteiger partial charge in [0.05, 0.1) is 13.2 Å². The molecule has 0 aromatic heterocycles. The number of carbonyl (C=O) groups is 2. The first-order valence-corrected chi connectivity index (χ1v) is 6.30. The fraction of sp³-hybridized carbons (Fsp3) is 0.429. The Hall–Kier alpha value is -1.88. The summed E-state index contributed by atoms with van der Waals surface area (Å²) < 4.78 is 5.20. The molecule has 1 aliphatic heterocycles. The molecule has 1 saturated heterocycles. The monoisotopic (exact) mass is 262 g/mol. The number of hydrogen-bond donors (Lipinski definition) is 2. The van der Waals surface area contributed by atoms with Gasteiger partial charge in [-0.2, -0.15) is 0 Å². The number of piperidine rings is 1. The lowest BCUT2D eigenvalue weighted by Crippen LogP contribution is -2.50. The summed E-state index contributed by atoms with van der Waals surface area (Å²) in [6, 6.07) is 5.61. The summed E-state index contributed by atoms with van der Waals surface area (Å²) in [7, 11) is 1.64. The minimum absolute atomic E-state index is 0.191. The fourth-order valence-corrected chi connectivity index (χ4v) is 2.18. The highest BCUT2D eigenvalue weighted by Crippen LogP contribution is 2.18. The molecule has 0 saturated carbocycles. The lowest BCUT2D eigenvalue weighted by molar-refractivity contribution is -0.134. The molecule has 1 aromatic rings. The molecule has 5 nitrogen and oxygen atoms in total. The highest BCUT2D eigenvalue weighted by molar-refractivity contribution is 6.00. The van der Waals surface area contributed by atoms with Crippen molar-refractivity contribution in [3.8, 4) is 5.75 Å². The second-order valence-corrected chi connectivity index (χ2v) is 4.69. The van der Waals surface area contributed by atoms with Crippen LogP contribution >= 0.6 is 0 Å². The Morgan fingerprint density at radius 3 is 2.84 bits per heavy atom. The number of amides is 2. The van der Waals surface area contributed by atoms with Crippen LogP contribution in [0.25, 0.3) is 0 Å². The number of aryl methyl sites for hydroxylation is 1. The molecule has 1 heterocycles. The van der Waals surface area contributed by atoms with Gasteiger partial charge in [-0.3, -0.25) is 14.9 Å². The van der Waals surface area contributed by atoms with Crippen LogP contribution in [0, 0.1) is 6.92 Å². The quantitative estimate of drug-likeness (QED) is 0.791. The number of imide groups is 1. The van der Waals surface area contributed by atoms with Crippen molar-refractivity contribution >= 4 is 11.8 Å². The van der Waals surface area contributed by atoms with Crippen LogP contribution in [-0.2, 0) is 16.1 Å². The van der Waals surface area contributed by atoms with Gasteiger partial charge in [0.15, 0.2) is 0 Å². The van der Waals surface area contributed by atoms with Gasteiger partial charge in [0.1, 0.15) is 5.75 Å². The van der Waals surface area contributed by atoms with Crippen molar-refractivity contribution in [3.05, 3.63) is 29.3 Å². The zero-order chi connectivity index (χ0) is 13.8. The third-order valence-corrected chi connectivity index (χ3v) is 3.25. The number of benzene rings is 1. The first-order valence-electron chi connectivity index (χ1n) is 6.30. The van der Waals surface area contributed by atoms with Gasteiger partial charge in [0, 0.05) is 13.0 Å². The van der Waals surface area contributed by atoms with E-state index < -0.39 is 0 Å². The second kappa shape index (κ2) is 5.84. The van der Waals surface area contributed by atoms with E-state index in [-0.39, 0.29) is 17.9 Å². The maximum atomic E-state index is 11.6. The van der Waals surface area contributed by atoms with Crippen LogP contribution in [0.15, 0.2) is 18.2 Å². The molecule has 19 heavy (non-hydrogen) atoms. The van der Waals surface area contributed by atoms with E-state index in [0.717, 1.165) is 16.9 Å². The molecule has 0 bridgehead atoms. The van der Waals surface area contributed by atoms with Gasteiger partial charge in [-0.1, -0.05) is 12.1 Å². The van der Waals surface area contributed by atoms with Crippen LogP contribution in [0.1, 0.15) is 24.0 Å². The van der Waals surface area contributed by atoms with Crippen LogP contribution in [-0.4, -0.2) is 25.0 Å². The average molecular weight is 262 g/mol. The third-order valence-electron chi connectivity index (χ3n) is 3.25. The minimum Gasteiger partial charge on any atom is -0.496 e. The third kappa shape index (κ3) is 3.32. The van der Waals surface area contributed by atoms with E-state index in [1.54, 1.807) is 7.11 Å². The molecule has 1 aliphatic rings. The normalized spacial score (nSPS) is 19.2. The van der Waals surface area contributed by atoms with Gasteiger partial charge in [-0.15, -0.1) is 0 Å². The average Bonchev–Trinajstić information content (AvgIpc) is 2.38. The van der Waals surface area contributed by atoms with E-state index in [1.807, 2.05) is 25.1 Å². The second-order valence-electron chi connectivity index (χ2n) is 4.69. The molecule has 1 unspecified atom stereocenters. The van der Waals surface area contributed by atoms with Crippen LogP contribution < -0.4 is 15.4 Å². The van der Waals surface area contributed by atoms with E-state index in [0.29, 0.717) is 19.4 Å². The number of carbonyl (C=O) groups excluding carboxylic acids is 2. The summed E-state index contributed by atoms with van der Waals surface area (Å²) in [5, 5.41) is 5.50. The summed E-state index contributed by atoms with van der Waals surface area (Å²) >= 11 is 0. The van der Waals surface area contributed by atoms with Crippen LogP contribution in [0.3, 0.4) is 0 Å². The van der Waals surface area contributed by atoms with Crippen molar-refractivity contribution in [2.24, 2.45) is 0 Å². The molecular formula is C14H18N2O3. The molecule has 1 atom stereocenters. The van der Waals surface area contributed by atoms with E-state index in [1.165, 1.54) is 0 Å². The molecule has 0 radical (unpaired) electrons. The Kier molecular flexibility index (Phi) is 4.16. The predicted molar refractivity (Wildman–Crippen MR) is 70.7 cm³/mol. The van der Waals surface area contributed by atoms with Gasteiger partial charge in [0.2, 0.25) is 11.8 Å². The van der Waals surface area contributed by atoms with Crippen molar-refractivity contribution in [3.63, 3.8) is 0 Å². The number of nitrogens with one attached hydrogen (secondary N) is 2. The minimum atomic E-state index is -0.292. The van der Waals surface area contributed by atoms with Crippen molar-refractivity contribution in [1.29, 1.82) is 0 Å². The Labute approximate surface area is 112 Å². The Morgan fingerprint density at radius 2 is 2.21 bits per heavy atom. The first kappa shape index (κ1) is 13.5. The zero-order valence-corrected chi connectivity index (χ0v) is 11.2. The number of ether oxygens (including phenoxy) is 1. The SMILES string of the molecule is COc1ccc(CNC2CCC(=O)NC2=O)cc1C. The number of rotatable bonds is 4. The molecule has 0 aliphatic carbocycles. The predicted octanol–water partition coefficient (Wildman–Crippen LogP) is 0.898. The Morgan fingerprint density at radius 1 is 1.42 bits per heavy atom. The van der Waals surface area contributed by atoms with Gasteiger partial charge in [-0.05, 0) is 30.5 Å². The zero-order valence-electron chi connectivity index (χ0n) is 11.2. The van der Waals surface area contributed by atoms with Crippen molar-refractivity contribution < 1.29 is 14.3 Å². The Balaban J connectivity index is 1.93. The number of hydrogen-bond acceptors (Lipinski definition) is 4. The topological polar surface area (TPSA) is 67.4 Å². The van der Waals surface area contributed by atoms with Crippen LogP contribution in [0.4, 0.5) is 0 Å². The molecule has 102 valence electrons. The maximum Gasteiger partial charge on any atom is 0.243 e. The van der Waals surface area contributed by atoms with E-state index in [4.69, 9.17) is 4.74 Å². The lowest BCUT2D eigenvalue weighted by Gasteiger charge is -2.22. The molecule has 1 aromatic carbocycles. The highest BCUT2D eigenvalue weighted by Gasteiger charge is 2.25. The molecular weight excluding hydrogens is 244 g/mol. The summed E-state index contributed by atoms with van der Waals surface area (Å²) in [4.78, 5) is 22.6. The van der Waals surface area contributed by atoms with Gasteiger partial charge in [0.25, 0.3) is 0 Å². The summed E-state index contributed by atoms with van der Waals surface area (Å²) in [6.07, 6.45) is 0.949. The van der Waals surface area contributed by atoms with E-state index in [9.17, 15) is 9.59 Å². The van der Waals surface area contributed by atoms with E-state index >= 15 is 0 Å². The van der Waals surface area contributed by atoms with Crippen molar-refractivity contribution in [1.82, 2.24) is 10.6 Å². The van der Waals surface area contributed by atoms with Gasteiger partial charge in [-0.25, -0.2) is 0 Å². The molecule has 2 N–H and O–H groups in total. The molecule has 1 fully saturated rings. The standard InChI is InChI=1S/C14H18N2O3/c1-9-7-10(3-5-12(9)19-2)8-15-11-4-6-13(17)16-14(11)18/h3,5,7,11,15H,4,6,8H2,1-2H3,(H,16,17,18).